The maximum Gasteiger partial charge on any atom is 0.253 e. The zero-order valence-electron chi connectivity index (χ0n) is 17.5. The van der Waals surface area contributed by atoms with Gasteiger partial charge in [0.1, 0.15) is 0 Å². The van der Waals surface area contributed by atoms with Crippen molar-refractivity contribution in [2.45, 2.75) is 37.8 Å². The number of halogens is 1. The van der Waals surface area contributed by atoms with Gasteiger partial charge in [-0.25, -0.2) is 0 Å². The summed E-state index contributed by atoms with van der Waals surface area (Å²) >= 11 is 6.14. The van der Waals surface area contributed by atoms with Gasteiger partial charge in [0.2, 0.25) is 0 Å². The predicted octanol–water partition coefficient (Wildman–Crippen LogP) is 3.65. The summed E-state index contributed by atoms with van der Waals surface area (Å²) in [5.41, 5.74) is 2.11. The van der Waals surface area contributed by atoms with Crippen molar-refractivity contribution in [3.8, 4) is 0 Å². The summed E-state index contributed by atoms with van der Waals surface area (Å²) in [6.45, 7) is 2.86. The zero-order valence-corrected chi connectivity index (χ0v) is 18.2. The smallest absolute Gasteiger partial charge is 0.253 e. The fraction of sp³-hybridized carbons (Fsp3) is 0.417. The first-order valence-corrected chi connectivity index (χ1v) is 11.3. The average Bonchev–Trinajstić information content (AvgIpc) is 3.32. The third-order valence-electron chi connectivity index (χ3n) is 5.95. The van der Waals surface area contributed by atoms with Crippen LogP contribution in [0, 0.1) is 0 Å². The molecule has 4 rings (SSSR count). The number of benzene rings is 2. The molecule has 0 spiro atoms. The van der Waals surface area contributed by atoms with E-state index >= 15 is 0 Å². The van der Waals surface area contributed by atoms with Crippen LogP contribution in [-0.4, -0.2) is 50.2 Å². The molecule has 0 radical (unpaired) electrons. The van der Waals surface area contributed by atoms with Crippen molar-refractivity contribution in [2.75, 3.05) is 31.1 Å². The van der Waals surface area contributed by atoms with Gasteiger partial charge in [-0.2, -0.15) is 0 Å². The number of hydrogen-bond acceptors (Lipinski definition) is 4. The molecule has 0 saturated carbocycles. The Balaban J connectivity index is 1.34. The van der Waals surface area contributed by atoms with E-state index in [-0.39, 0.29) is 24.0 Å². The van der Waals surface area contributed by atoms with E-state index in [4.69, 9.17) is 16.3 Å². The third kappa shape index (κ3) is 5.38. The molecule has 0 aliphatic carbocycles. The zero-order chi connectivity index (χ0) is 21.6. The number of hydrogen-bond donors (Lipinski definition) is 2. The monoisotopic (exact) mass is 441 g/mol. The van der Waals surface area contributed by atoms with Gasteiger partial charge < -0.3 is 20.3 Å². The van der Waals surface area contributed by atoms with Gasteiger partial charge in [0, 0.05) is 38.0 Å². The number of amides is 2. The Kier molecular flexibility index (Phi) is 7.10. The highest BCUT2D eigenvalue weighted by atomic mass is 35.5. The van der Waals surface area contributed by atoms with Crippen LogP contribution in [0.5, 0.6) is 0 Å². The quantitative estimate of drug-likeness (QED) is 0.717. The van der Waals surface area contributed by atoms with E-state index in [9.17, 15) is 9.59 Å². The fourth-order valence-corrected chi connectivity index (χ4v) is 4.44. The Bertz CT molecular complexity index is 922. The van der Waals surface area contributed by atoms with Crippen LogP contribution < -0.4 is 15.5 Å². The van der Waals surface area contributed by atoms with Gasteiger partial charge in [0.05, 0.1) is 22.3 Å². The normalized spacial score (nSPS) is 19.3. The average molecular weight is 442 g/mol. The maximum absolute atomic E-state index is 12.8. The SMILES string of the molecule is O=C(NC1CCN(c2ccccc2C(=O)NC[C@H]2CCCO2)CC1)c1ccccc1Cl. The van der Waals surface area contributed by atoms with Crippen molar-refractivity contribution in [3.63, 3.8) is 0 Å². The Morgan fingerprint density at radius 3 is 2.39 bits per heavy atom. The molecule has 164 valence electrons. The highest BCUT2D eigenvalue weighted by Crippen LogP contribution is 2.25. The molecular formula is C24H28ClN3O3. The first kappa shape index (κ1) is 21.7. The molecule has 2 aromatic carbocycles. The third-order valence-corrected chi connectivity index (χ3v) is 6.28. The summed E-state index contributed by atoms with van der Waals surface area (Å²) in [7, 11) is 0. The number of ether oxygens (including phenoxy) is 1. The number of rotatable bonds is 6. The summed E-state index contributed by atoms with van der Waals surface area (Å²) in [5, 5.41) is 6.57. The van der Waals surface area contributed by atoms with Gasteiger partial charge in [0.15, 0.2) is 0 Å². The highest BCUT2D eigenvalue weighted by Gasteiger charge is 2.25. The number of para-hydroxylation sites is 1. The number of carbonyl (C=O) groups is 2. The lowest BCUT2D eigenvalue weighted by atomic mass is 10.0. The van der Waals surface area contributed by atoms with Gasteiger partial charge >= 0.3 is 0 Å². The number of nitrogens with zero attached hydrogens (tertiary/aromatic N) is 1. The van der Waals surface area contributed by atoms with Crippen molar-refractivity contribution in [3.05, 3.63) is 64.7 Å². The van der Waals surface area contributed by atoms with E-state index < -0.39 is 0 Å². The molecule has 2 heterocycles. The Hall–Kier alpha value is -2.57. The molecule has 2 fully saturated rings. The van der Waals surface area contributed by atoms with E-state index in [1.807, 2.05) is 36.4 Å². The van der Waals surface area contributed by atoms with Crippen molar-refractivity contribution in [1.82, 2.24) is 10.6 Å². The molecule has 0 bridgehead atoms. The Morgan fingerprint density at radius 1 is 0.968 bits per heavy atom. The standard InChI is InChI=1S/C24H28ClN3O3/c25-21-9-3-1-7-19(21)24(30)27-17-11-13-28(14-12-17)22-10-4-2-8-20(22)23(29)26-16-18-6-5-15-31-18/h1-4,7-10,17-18H,5-6,11-16H2,(H,26,29)(H,27,30)/t18-/m1/s1. The predicted molar refractivity (Wildman–Crippen MR) is 122 cm³/mol. The molecule has 6 nitrogen and oxygen atoms in total. The molecular weight excluding hydrogens is 414 g/mol. The van der Waals surface area contributed by atoms with Gasteiger partial charge in [-0.3, -0.25) is 9.59 Å². The van der Waals surface area contributed by atoms with E-state index in [1.165, 1.54) is 0 Å². The van der Waals surface area contributed by atoms with Crippen molar-refractivity contribution in [2.24, 2.45) is 0 Å². The first-order valence-electron chi connectivity index (χ1n) is 10.9. The van der Waals surface area contributed by atoms with E-state index in [2.05, 4.69) is 15.5 Å². The molecule has 0 unspecified atom stereocenters. The molecule has 2 N–H and O–H groups in total. The maximum atomic E-state index is 12.8. The van der Waals surface area contributed by atoms with Crippen LogP contribution in [0.3, 0.4) is 0 Å². The molecule has 2 amide bonds. The molecule has 0 aromatic heterocycles. The van der Waals surface area contributed by atoms with Crippen LogP contribution in [0.15, 0.2) is 48.5 Å². The van der Waals surface area contributed by atoms with E-state index in [0.29, 0.717) is 22.7 Å². The van der Waals surface area contributed by atoms with Crippen molar-refractivity contribution >= 4 is 29.1 Å². The van der Waals surface area contributed by atoms with Crippen LogP contribution in [0.1, 0.15) is 46.4 Å². The van der Waals surface area contributed by atoms with Gasteiger partial charge in [0.25, 0.3) is 11.8 Å². The van der Waals surface area contributed by atoms with Gasteiger partial charge in [-0.05, 0) is 49.9 Å². The van der Waals surface area contributed by atoms with Crippen LogP contribution in [0.4, 0.5) is 5.69 Å². The molecule has 31 heavy (non-hydrogen) atoms. The Labute approximate surface area is 187 Å². The number of anilines is 1. The van der Waals surface area contributed by atoms with E-state index in [1.54, 1.807) is 12.1 Å². The molecule has 7 heteroatoms. The molecule has 1 atom stereocenters. The topological polar surface area (TPSA) is 70.7 Å². The van der Waals surface area contributed by atoms with Crippen LogP contribution in [-0.2, 0) is 4.74 Å². The summed E-state index contributed by atoms with van der Waals surface area (Å²) in [4.78, 5) is 27.6. The lowest BCUT2D eigenvalue weighted by Crippen LogP contribution is -2.45. The number of nitrogens with one attached hydrogen (secondary N) is 2. The van der Waals surface area contributed by atoms with E-state index in [0.717, 1.165) is 51.1 Å². The summed E-state index contributed by atoms with van der Waals surface area (Å²) in [5.74, 6) is -0.210. The van der Waals surface area contributed by atoms with Gasteiger partial charge in [-0.1, -0.05) is 35.9 Å². The molecule has 2 aromatic rings. The highest BCUT2D eigenvalue weighted by molar-refractivity contribution is 6.33. The second-order valence-electron chi connectivity index (χ2n) is 8.08. The second-order valence-corrected chi connectivity index (χ2v) is 8.48. The lowest BCUT2D eigenvalue weighted by Gasteiger charge is -2.35. The molecule has 2 aliphatic rings. The lowest BCUT2D eigenvalue weighted by molar-refractivity contribution is 0.0858. The minimum atomic E-state index is -0.141. The minimum absolute atomic E-state index is 0.0692. The summed E-state index contributed by atoms with van der Waals surface area (Å²) in [6.07, 6.45) is 3.78. The summed E-state index contributed by atoms with van der Waals surface area (Å²) < 4.78 is 5.60. The molecule has 2 aliphatic heterocycles. The van der Waals surface area contributed by atoms with Crippen molar-refractivity contribution in [1.29, 1.82) is 0 Å². The minimum Gasteiger partial charge on any atom is -0.376 e. The van der Waals surface area contributed by atoms with Gasteiger partial charge in [-0.15, -0.1) is 0 Å². The second kappa shape index (κ2) is 10.2. The Morgan fingerprint density at radius 2 is 1.68 bits per heavy atom. The first-order chi connectivity index (χ1) is 15.1. The van der Waals surface area contributed by atoms with Crippen LogP contribution in [0.25, 0.3) is 0 Å². The number of piperidine rings is 1. The van der Waals surface area contributed by atoms with Crippen LogP contribution in [0.2, 0.25) is 5.02 Å². The van der Waals surface area contributed by atoms with Crippen molar-refractivity contribution < 1.29 is 14.3 Å². The largest absolute Gasteiger partial charge is 0.376 e. The number of carbonyl (C=O) groups excluding carboxylic acids is 2. The van der Waals surface area contributed by atoms with Crippen LogP contribution >= 0.6 is 11.6 Å². The molecule has 2 saturated heterocycles. The summed E-state index contributed by atoms with van der Waals surface area (Å²) in [6, 6.07) is 14.9. The fourth-order valence-electron chi connectivity index (χ4n) is 4.22.